The van der Waals surface area contributed by atoms with Crippen molar-refractivity contribution in [2.45, 2.75) is 19.4 Å². The van der Waals surface area contributed by atoms with Crippen LogP contribution in [0.4, 0.5) is 11.4 Å². The Balaban J connectivity index is 2.19. The topological polar surface area (TPSA) is 75.4 Å². The van der Waals surface area contributed by atoms with Gasteiger partial charge in [0, 0.05) is 23.6 Å². The number of thiophene rings is 1. The van der Waals surface area contributed by atoms with Gasteiger partial charge in [0.15, 0.2) is 0 Å². The molecule has 7 heteroatoms. The summed E-state index contributed by atoms with van der Waals surface area (Å²) in [5.41, 5.74) is 0.175. The van der Waals surface area contributed by atoms with Crippen LogP contribution in [0.25, 0.3) is 0 Å². The zero-order valence-electron chi connectivity index (χ0n) is 11.6. The van der Waals surface area contributed by atoms with E-state index in [1.807, 2.05) is 17.5 Å². The molecule has 2 N–H and O–H groups in total. The molecular formula is C14H15ClN2O3S. The fourth-order valence-corrected chi connectivity index (χ4v) is 3.10. The molecule has 0 aliphatic carbocycles. The van der Waals surface area contributed by atoms with E-state index in [-0.39, 0.29) is 17.3 Å². The molecule has 1 atom stereocenters. The third kappa shape index (κ3) is 3.53. The van der Waals surface area contributed by atoms with Gasteiger partial charge in [-0.2, -0.15) is 0 Å². The highest BCUT2D eigenvalue weighted by atomic mass is 35.5. The Morgan fingerprint density at radius 1 is 1.52 bits per heavy atom. The van der Waals surface area contributed by atoms with Gasteiger partial charge in [0.1, 0.15) is 5.60 Å². The van der Waals surface area contributed by atoms with Gasteiger partial charge in [-0.25, -0.2) is 0 Å². The molecular weight excluding hydrogens is 312 g/mol. The summed E-state index contributed by atoms with van der Waals surface area (Å²) in [6.07, 6.45) is 0. The minimum absolute atomic E-state index is 0.0481. The van der Waals surface area contributed by atoms with Crippen LogP contribution in [0.2, 0.25) is 5.02 Å². The van der Waals surface area contributed by atoms with E-state index in [4.69, 9.17) is 11.6 Å². The Morgan fingerprint density at radius 3 is 2.76 bits per heavy atom. The average Bonchev–Trinajstić information content (AvgIpc) is 2.91. The number of nitrogens with zero attached hydrogens (tertiary/aromatic N) is 1. The molecule has 0 bridgehead atoms. The molecule has 0 aliphatic rings. The van der Waals surface area contributed by atoms with E-state index in [9.17, 15) is 15.2 Å². The van der Waals surface area contributed by atoms with Crippen LogP contribution < -0.4 is 5.32 Å². The van der Waals surface area contributed by atoms with Crippen LogP contribution in [-0.4, -0.2) is 16.6 Å². The molecule has 1 unspecified atom stereocenters. The standard InChI is InChI=1S/C14H15ClN2O3S/c1-9-6-10(17(19)20)7-11(15)13(9)16-8-14(2,18)12-4-3-5-21-12/h3-7,16,18H,8H2,1-2H3. The smallest absolute Gasteiger partial charge is 0.271 e. The summed E-state index contributed by atoms with van der Waals surface area (Å²) >= 11 is 7.55. The van der Waals surface area contributed by atoms with E-state index < -0.39 is 10.5 Å². The van der Waals surface area contributed by atoms with E-state index >= 15 is 0 Å². The molecule has 2 aromatic rings. The van der Waals surface area contributed by atoms with E-state index in [1.54, 1.807) is 13.8 Å². The molecule has 0 saturated heterocycles. The highest BCUT2D eigenvalue weighted by Gasteiger charge is 2.25. The number of rotatable bonds is 5. The summed E-state index contributed by atoms with van der Waals surface area (Å²) in [5, 5.41) is 26.5. The highest BCUT2D eigenvalue weighted by molar-refractivity contribution is 7.10. The Bertz CT molecular complexity index is 633. The van der Waals surface area contributed by atoms with Crippen molar-refractivity contribution in [3.8, 4) is 0 Å². The Labute approximate surface area is 131 Å². The normalized spacial score (nSPS) is 13.7. The van der Waals surface area contributed by atoms with Crippen molar-refractivity contribution in [3.05, 3.63) is 55.2 Å². The third-order valence-electron chi connectivity index (χ3n) is 3.14. The molecule has 112 valence electrons. The molecule has 0 spiro atoms. The number of benzene rings is 1. The summed E-state index contributed by atoms with van der Waals surface area (Å²) in [7, 11) is 0. The van der Waals surface area contributed by atoms with Crippen molar-refractivity contribution in [2.75, 3.05) is 11.9 Å². The second kappa shape index (κ2) is 6.01. The summed E-state index contributed by atoms with van der Waals surface area (Å²) in [6.45, 7) is 3.70. The largest absolute Gasteiger partial charge is 0.383 e. The second-order valence-electron chi connectivity index (χ2n) is 4.98. The quantitative estimate of drug-likeness (QED) is 0.644. The molecule has 0 aliphatic heterocycles. The van der Waals surface area contributed by atoms with Gasteiger partial charge in [-0.3, -0.25) is 10.1 Å². The first-order valence-corrected chi connectivity index (χ1v) is 7.52. The number of nitro groups is 1. The van der Waals surface area contributed by atoms with Crippen LogP contribution in [0, 0.1) is 17.0 Å². The van der Waals surface area contributed by atoms with Gasteiger partial charge in [-0.1, -0.05) is 17.7 Å². The van der Waals surface area contributed by atoms with Gasteiger partial charge < -0.3 is 10.4 Å². The Kier molecular flexibility index (Phi) is 4.51. The van der Waals surface area contributed by atoms with Crippen molar-refractivity contribution in [3.63, 3.8) is 0 Å². The third-order valence-corrected chi connectivity index (χ3v) is 4.57. The molecule has 0 amide bonds. The number of halogens is 1. The van der Waals surface area contributed by atoms with Crippen molar-refractivity contribution in [1.82, 2.24) is 0 Å². The van der Waals surface area contributed by atoms with Gasteiger partial charge >= 0.3 is 0 Å². The molecule has 0 radical (unpaired) electrons. The number of nitrogens with one attached hydrogen (secondary N) is 1. The van der Waals surface area contributed by atoms with Gasteiger partial charge in [-0.05, 0) is 30.9 Å². The fraction of sp³-hybridized carbons (Fsp3) is 0.286. The number of non-ortho nitro benzene ring substituents is 1. The van der Waals surface area contributed by atoms with E-state index in [0.717, 1.165) is 4.88 Å². The molecule has 1 aromatic carbocycles. The number of aliphatic hydroxyl groups is 1. The zero-order valence-corrected chi connectivity index (χ0v) is 13.2. The monoisotopic (exact) mass is 326 g/mol. The zero-order chi connectivity index (χ0) is 15.6. The van der Waals surface area contributed by atoms with Gasteiger partial charge in [0.05, 0.1) is 15.6 Å². The molecule has 21 heavy (non-hydrogen) atoms. The Morgan fingerprint density at radius 2 is 2.24 bits per heavy atom. The van der Waals surface area contributed by atoms with E-state index in [0.29, 0.717) is 11.3 Å². The maximum Gasteiger partial charge on any atom is 0.271 e. The lowest BCUT2D eigenvalue weighted by atomic mass is 10.0. The number of hydrogen-bond acceptors (Lipinski definition) is 5. The van der Waals surface area contributed by atoms with Gasteiger partial charge in [-0.15, -0.1) is 11.3 Å². The summed E-state index contributed by atoms with van der Waals surface area (Å²) in [6, 6.07) is 6.49. The molecule has 5 nitrogen and oxygen atoms in total. The van der Waals surface area contributed by atoms with Crippen LogP contribution in [0.3, 0.4) is 0 Å². The number of aryl methyl sites for hydroxylation is 1. The first-order chi connectivity index (χ1) is 9.81. The second-order valence-corrected chi connectivity index (χ2v) is 6.34. The lowest BCUT2D eigenvalue weighted by Crippen LogP contribution is -2.30. The lowest BCUT2D eigenvalue weighted by molar-refractivity contribution is -0.384. The van der Waals surface area contributed by atoms with Crippen molar-refractivity contribution >= 4 is 34.3 Å². The first kappa shape index (κ1) is 15.8. The van der Waals surface area contributed by atoms with Crippen LogP contribution >= 0.6 is 22.9 Å². The van der Waals surface area contributed by atoms with E-state index in [1.165, 1.54) is 23.5 Å². The minimum Gasteiger partial charge on any atom is -0.383 e. The number of hydrogen-bond donors (Lipinski definition) is 2. The van der Waals surface area contributed by atoms with Crippen molar-refractivity contribution in [2.24, 2.45) is 0 Å². The van der Waals surface area contributed by atoms with Gasteiger partial charge in [0.25, 0.3) is 5.69 Å². The molecule has 0 fully saturated rings. The lowest BCUT2D eigenvalue weighted by Gasteiger charge is -2.24. The van der Waals surface area contributed by atoms with Crippen molar-refractivity contribution in [1.29, 1.82) is 0 Å². The maximum atomic E-state index is 10.8. The van der Waals surface area contributed by atoms with Crippen LogP contribution in [0.5, 0.6) is 0 Å². The maximum absolute atomic E-state index is 10.8. The summed E-state index contributed by atoms with van der Waals surface area (Å²) in [4.78, 5) is 11.1. The fourth-order valence-electron chi connectivity index (χ4n) is 1.99. The first-order valence-electron chi connectivity index (χ1n) is 6.26. The predicted molar refractivity (Wildman–Crippen MR) is 85.2 cm³/mol. The molecule has 1 heterocycles. The van der Waals surface area contributed by atoms with Crippen LogP contribution in [0.15, 0.2) is 29.6 Å². The van der Waals surface area contributed by atoms with Gasteiger partial charge in [0.2, 0.25) is 0 Å². The van der Waals surface area contributed by atoms with Crippen LogP contribution in [0.1, 0.15) is 17.4 Å². The predicted octanol–water partition coefficient (Wildman–Crippen LogP) is 3.94. The van der Waals surface area contributed by atoms with Crippen molar-refractivity contribution < 1.29 is 10.0 Å². The Hall–Kier alpha value is -1.63. The molecule has 0 saturated carbocycles. The van der Waals surface area contributed by atoms with Crippen LogP contribution in [-0.2, 0) is 5.60 Å². The average molecular weight is 327 g/mol. The molecule has 1 aromatic heterocycles. The molecule has 2 rings (SSSR count). The highest BCUT2D eigenvalue weighted by Crippen LogP contribution is 2.32. The minimum atomic E-state index is -1.04. The SMILES string of the molecule is Cc1cc([N+](=O)[O-])cc(Cl)c1NCC(C)(O)c1cccs1. The summed E-state index contributed by atoms with van der Waals surface area (Å²) < 4.78 is 0. The van der Waals surface area contributed by atoms with E-state index in [2.05, 4.69) is 5.32 Å². The summed E-state index contributed by atoms with van der Waals surface area (Å²) in [5.74, 6) is 0. The number of anilines is 1. The number of nitro benzene ring substituents is 1.